The Morgan fingerprint density at radius 1 is 0.768 bits per heavy atom. The van der Waals surface area contributed by atoms with E-state index in [1.54, 1.807) is 46.5 Å². The Kier molecular flexibility index (Phi) is 22.6. The summed E-state index contributed by atoms with van der Waals surface area (Å²) >= 11 is 1.60. The first kappa shape index (κ1) is 51.1. The Balaban J connectivity index is 3.27. The summed E-state index contributed by atoms with van der Waals surface area (Å²) < 4.78 is 0. The minimum atomic E-state index is -1.38. The summed E-state index contributed by atoms with van der Waals surface area (Å²) in [6.45, 7) is 22.3. The third kappa shape index (κ3) is 17.3. The van der Waals surface area contributed by atoms with E-state index in [4.69, 9.17) is 5.73 Å². The van der Waals surface area contributed by atoms with E-state index in [2.05, 4.69) is 27.4 Å². The molecular formula is C40H76N8O7S. The van der Waals surface area contributed by atoms with Gasteiger partial charge in [-0.15, -0.1) is 0 Å². The molecule has 0 bridgehead atoms. The fourth-order valence-corrected chi connectivity index (χ4v) is 7.81. The van der Waals surface area contributed by atoms with E-state index in [-0.39, 0.29) is 31.1 Å². The first-order chi connectivity index (χ1) is 26.1. The number of carbonyl (C=O) groups excluding carboxylic acids is 6. The van der Waals surface area contributed by atoms with Crippen LogP contribution in [0.3, 0.4) is 0 Å². The Bertz CT molecular complexity index is 1270. The maximum absolute atomic E-state index is 14.4. The number of nitrogens with one attached hydrogen (secondary N) is 2. The molecule has 5 N–H and O–H groups in total. The standard InChI is InChI=1S/C40H76N8O7S/c1-13-16-33(49)44(10)32(26-56-23-15-18-48-21-19-47(17-14-2)20-22-48)38(53)46(12)31(25-40(8,9)55)37(52)43-34(28(5)6)39(54)45(11)30(24-27(3)4)36(51)42-29(7)35(41)50/h27-32,34,55H,13-26H2,1-12H3,(H2,41,50)(H,42,51)(H,43,52)/t29-,30+,31+,32-,34+/m1/s1. The van der Waals surface area contributed by atoms with Gasteiger partial charge in [0.05, 0.1) is 5.60 Å². The zero-order valence-electron chi connectivity index (χ0n) is 36.6. The van der Waals surface area contributed by atoms with Crippen molar-refractivity contribution in [3.8, 4) is 0 Å². The average Bonchev–Trinajstić information content (AvgIpc) is 3.11. The summed E-state index contributed by atoms with van der Waals surface area (Å²) in [5, 5.41) is 16.4. The van der Waals surface area contributed by atoms with Gasteiger partial charge in [0, 0.05) is 65.9 Å². The van der Waals surface area contributed by atoms with Crippen LogP contribution in [0.15, 0.2) is 0 Å². The number of primary amides is 1. The van der Waals surface area contributed by atoms with Gasteiger partial charge in [0.25, 0.3) is 0 Å². The fourth-order valence-electron chi connectivity index (χ4n) is 6.72. The van der Waals surface area contributed by atoms with E-state index in [1.165, 1.54) is 35.7 Å². The molecule has 56 heavy (non-hydrogen) atoms. The van der Waals surface area contributed by atoms with Gasteiger partial charge in [-0.2, -0.15) is 11.8 Å². The van der Waals surface area contributed by atoms with Crippen LogP contribution in [0.1, 0.15) is 101 Å². The number of hydrogen-bond donors (Lipinski definition) is 4. The molecule has 16 heteroatoms. The number of amides is 6. The summed E-state index contributed by atoms with van der Waals surface area (Å²) in [6, 6.07) is -5.05. The van der Waals surface area contributed by atoms with Gasteiger partial charge in [-0.05, 0) is 77.1 Å². The molecule has 0 aromatic rings. The Hall–Kier alpha value is -2.95. The molecule has 1 aliphatic rings. The van der Waals surface area contributed by atoms with Gasteiger partial charge in [-0.1, -0.05) is 41.5 Å². The molecule has 0 radical (unpaired) electrons. The van der Waals surface area contributed by atoms with E-state index in [0.29, 0.717) is 12.2 Å². The molecule has 6 amide bonds. The lowest BCUT2D eigenvalue weighted by Crippen LogP contribution is -2.61. The smallest absolute Gasteiger partial charge is 0.246 e. The van der Waals surface area contributed by atoms with Gasteiger partial charge >= 0.3 is 0 Å². The van der Waals surface area contributed by atoms with E-state index >= 15 is 0 Å². The van der Waals surface area contributed by atoms with Crippen molar-refractivity contribution in [3.63, 3.8) is 0 Å². The minimum Gasteiger partial charge on any atom is -0.390 e. The highest BCUT2D eigenvalue weighted by Gasteiger charge is 2.40. The fraction of sp³-hybridized carbons (Fsp3) is 0.850. The third-order valence-corrected chi connectivity index (χ3v) is 11.4. The quantitative estimate of drug-likeness (QED) is 0.0990. The SMILES string of the molecule is CCCC(=O)N(C)[C@H](CSCCCN1CCN(CCC)CC1)C(=O)N(C)[C@@H](CC(C)(C)O)C(=O)N[C@H](C(=O)N(C)[C@@H](CC(C)C)C(=O)N[C@H](C)C(N)=O)C(C)C. The Morgan fingerprint density at radius 3 is 1.79 bits per heavy atom. The van der Waals surface area contributed by atoms with Crippen molar-refractivity contribution in [2.24, 2.45) is 17.6 Å². The van der Waals surface area contributed by atoms with E-state index < -0.39 is 71.3 Å². The van der Waals surface area contributed by atoms with Crippen molar-refractivity contribution in [3.05, 3.63) is 0 Å². The number of nitrogens with zero attached hydrogens (tertiary/aromatic N) is 5. The van der Waals surface area contributed by atoms with Gasteiger partial charge in [0.15, 0.2) is 0 Å². The predicted octanol–water partition coefficient (Wildman–Crippen LogP) is 1.76. The Morgan fingerprint density at radius 2 is 1.30 bits per heavy atom. The first-order valence-electron chi connectivity index (χ1n) is 20.5. The number of piperazine rings is 1. The van der Waals surface area contributed by atoms with Crippen LogP contribution >= 0.6 is 11.8 Å². The van der Waals surface area contributed by atoms with E-state index in [0.717, 1.165) is 57.9 Å². The number of likely N-dealkylation sites (N-methyl/N-ethyl adjacent to an activating group) is 3. The maximum Gasteiger partial charge on any atom is 0.246 e. The second-order valence-electron chi connectivity index (χ2n) is 16.8. The number of thioether (sulfide) groups is 1. The zero-order valence-corrected chi connectivity index (χ0v) is 37.4. The summed E-state index contributed by atoms with van der Waals surface area (Å²) in [5.74, 6) is -2.34. The van der Waals surface area contributed by atoms with Crippen LogP contribution in [0.2, 0.25) is 0 Å². The van der Waals surface area contributed by atoms with Crippen molar-refractivity contribution in [1.82, 2.24) is 35.1 Å². The lowest BCUT2D eigenvalue weighted by Gasteiger charge is -2.38. The van der Waals surface area contributed by atoms with Crippen LogP contribution in [0.25, 0.3) is 0 Å². The second kappa shape index (κ2) is 24.7. The number of nitrogens with two attached hydrogens (primary N) is 1. The van der Waals surface area contributed by atoms with Gasteiger partial charge in [-0.3, -0.25) is 28.8 Å². The molecule has 0 aromatic carbocycles. The molecule has 1 saturated heterocycles. The van der Waals surface area contributed by atoms with Crippen LogP contribution < -0.4 is 16.4 Å². The highest BCUT2D eigenvalue weighted by molar-refractivity contribution is 7.99. The van der Waals surface area contributed by atoms with Crippen LogP contribution in [-0.2, 0) is 28.8 Å². The van der Waals surface area contributed by atoms with Gasteiger partial charge < -0.3 is 46.0 Å². The highest BCUT2D eigenvalue weighted by atomic mass is 32.2. The molecule has 1 aliphatic heterocycles. The Labute approximate surface area is 341 Å². The van der Waals surface area contributed by atoms with Crippen molar-refractivity contribution in [2.45, 2.75) is 137 Å². The van der Waals surface area contributed by atoms with E-state index in [1.807, 2.05) is 20.8 Å². The molecule has 0 saturated carbocycles. The van der Waals surface area contributed by atoms with Crippen molar-refractivity contribution >= 4 is 47.2 Å². The van der Waals surface area contributed by atoms with Gasteiger partial charge in [0.1, 0.15) is 30.2 Å². The largest absolute Gasteiger partial charge is 0.390 e. The number of hydrogen-bond acceptors (Lipinski definition) is 10. The van der Waals surface area contributed by atoms with Crippen molar-refractivity contribution in [1.29, 1.82) is 0 Å². The second-order valence-corrected chi connectivity index (χ2v) is 18.0. The average molecular weight is 813 g/mol. The van der Waals surface area contributed by atoms with Gasteiger partial charge in [-0.25, -0.2) is 0 Å². The molecule has 1 rings (SSSR count). The summed E-state index contributed by atoms with van der Waals surface area (Å²) in [5.41, 5.74) is 3.99. The predicted molar refractivity (Wildman–Crippen MR) is 224 cm³/mol. The molecule has 1 heterocycles. The maximum atomic E-state index is 14.4. The molecule has 15 nitrogen and oxygen atoms in total. The van der Waals surface area contributed by atoms with Gasteiger partial charge in [0.2, 0.25) is 35.4 Å². The number of aliphatic hydroxyl groups is 1. The molecule has 0 unspecified atom stereocenters. The molecule has 0 aromatic heterocycles. The molecule has 0 spiro atoms. The molecular weight excluding hydrogens is 737 g/mol. The monoisotopic (exact) mass is 813 g/mol. The lowest BCUT2D eigenvalue weighted by molar-refractivity contribution is -0.149. The summed E-state index contributed by atoms with van der Waals surface area (Å²) in [6.07, 6.45) is 3.13. The first-order valence-corrected chi connectivity index (χ1v) is 21.6. The minimum absolute atomic E-state index is 0.00716. The third-order valence-electron chi connectivity index (χ3n) is 10.3. The normalized spacial score (nSPS) is 16.8. The lowest BCUT2D eigenvalue weighted by atomic mass is 9.95. The molecule has 0 aliphatic carbocycles. The molecule has 1 fully saturated rings. The van der Waals surface area contributed by atoms with Crippen LogP contribution in [-0.4, -0.2) is 173 Å². The summed E-state index contributed by atoms with van der Waals surface area (Å²) in [7, 11) is 4.59. The van der Waals surface area contributed by atoms with Crippen LogP contribution in [0.4, 0.5) is 0 Å². The topological polar surface area (TPSA) is 189 Å². The molecule has 5 atom stereocenters. The van der Waals surface area contributed by atoms with Crippen LogP contribution in [0, 0.1) is 11.8 Å². The highest BCUT2D eigenvalue weighted by Crippen LogP contribution is 2.21. The number of carbonyl (C=O) groups is 6. The van der Waals surface area contributed by atoms with E-state index in [9.17, 15) is 33.9 Å². The summed E-state index contributed by atoms with van der Waals surface area (Å²) in [4.78, 5) is 89.8. The zero-order chi connectivity index (χ0) is 42.9. The number of rotatable bonds is 25. The van der Waals surface area contributed by atoms with Crippen molar-refractivity contribution in [2.75, 3.05) is 71.9 Å². The van der Waals surface area contributed by atoms with Crippen molar-refractivity contribution < 1.29 is 33.9 Å². The van der Waals surface area contributed by atoms with Crippen LogP contribution in [0.5, 0.6) is 0 Å². The molecule has 324 valence electrons.